The molecular weight excluding hydrogens is 327 g/mol. The van der Waals surface area contributed by atoms with Crippen molar-refractivity contribution in [1.29, 1.82) is 0 Å². The van der Waals surface area contributed by atoms with E-state index in [0.717, 1.165) is 5.56 Å². The monoisotopic (exact) mass is 342 g/mol. The van der Waals surface area contributed by atoms with E-state index in [9.17, 15) is 9.18 Å². The standard InChI is InChI=1S/C17H15FN4O3/c1-10-13(11(2)25-22-10)7-16(23)21-12-8-19-17(20-9-12)24-15-6-4-3-5-14(15)18/h3-6,8-9H,7H2,1-2H3,(H,21,23). The first-order valence-electron chi connectivity index (χ1n) is 7.49. The Balaban J connectivity index is 1.63. The van der Waals surface area contributed by atoms with Gasteiger partial charge in [-0.2, -0.15) is 0 Å². The molecule has 128 valence electrons. The number of carbonyl (C=O) groups is 1. The number of halogens is 1. The quantitative estimate of drug-likeness (QED) is 0.766. The van der Waals surface area contributed by atoms with Crippen molar-refractivity contribution in [3.05, 3.63) is 59.5 Å². The first-order valence-corrected chi connectivity index (χ1v) is 7.49. The van der Waals surface area contributed by atoms with Crippen LogP contribution in [0.1, 0.15) is 17.0 Å². The Morgan fingerprint density at radius 2 is 1.96 bits per heavy atom. The molecule has 0 radical (unpaired) electrons. The molecule has 0 spiro atoms. The Labute approximate surface area is 142 Å². The van der Waals surface area contributed by atoms with Crippen molar-refractivity contribution in [1.82, 2.24) is 15.1 Å². The van der Waals surface area contributed by atoms with Crippen LogP contribution in [0.15, 0.2) is 41.2 Å². The van der Waals surface area contributed by atoms with Gasteiger partial charge in [-0.15, -0.1) is 0 Å². The van der Waals surface area contributed by atoms with Crippen molar-refractivity contribution in [2.45, 2.75) is 20.3 Å². The van der Waals surface area contributed by atoms with Gasteiger partial charge in [0, 0.05) is 5.56 Å². The molecule has 1 aromatic carbocycles. The lowest BCUT2D eigenvalue weighted by Gasteiger charge is -2.07. The van der Waals surface area contributed by atoms with Gasteiger partial charge in [0.05, 0.1) is 30.2 Å². The van der Waals surface area contributed by atoms with Crippen LogP contribution in [0.2, 0.25) is 0 Å². The van der Waals surface area contributed by atoms with E-state index in [4.69, 9.17) is 9.26 Å². The number of hydrogen-bond acceptors (Lipinski definition) is 6. The lowest BCUT2D eigenvalue weighted by molar-refractivity contribution is -0.115. The minimum Gasteiger partial charge on any atom is -0.421 e. The number of amides is 1. The van der Waals surface area contributed by atoms with Crippen molar-refractivity contribution in [2.24, 2.45) is 0 Å². The summed E-state index contributed by atoms with van der Waals surface area (Å²) >= 11 is 0. The van der Waals surface area contributed by atoms with Gasteiger partial charge in [0.15, 0.2) is 11.6 Å². The highest BCUT2D eigenvalue weighted by atomic mass is 19.1. The topological polar surface area (TPSA) is 90.1 Å². The van der Waals surface area contributed by atoms with Crippen LogP contribution in [0, 0.1) is 19.7 Å². The minimum atomic E-state index is -0.511. The van der Waals surface area contributed by atoms with Crippen molar-refractivity contribution in [2.75, 3.05) is 5.32 Å². The third-order valence-corrected chi connectivity index (χ3v) is 3.47. The number of rotatable bonds is 5. The summed E-state index contributed by atoms with van der Waals surface area (Å²) < 4.78 is 23.8. The van der Waals surface area contributed by atoms with Crippen LogP contribution in [-0.4, -0.2) is 21.0 Å². The van der Waals surface area contributed by atoms with Crippen molar-refractivity contribution in [3.63, 3.8) is 0 Å². The van der Waals surface area contributed by atoms with Gasteiger partial charge in [-0.1, -0.05) is 17.3 Å². The molecule has 8 heteroatoms. The summed E-state index contributed by atoms with van der Waals surface area (Å²) in [7, 11) is 0. The number of nitrogens with zero attached hydrogens (tertiary/aromatic N) is 3. The zero-order valence-corrected chi connectivity index (χ0v) is 13.6. The number of anilines is 1. The van der Waals surface area contributed by atoms with E-state index < -0.39 is 5.82 Å². The molecular formula is C17H15FN4O3. The van der Waals surface area contributed by atoms with Crippen LogP contribution in [0.4, 0.5) is 10.1 Å². The zero-order valence-electron chi connectivity index (χ0n) is 13.6. The Bertz CT molecular complexity index is 874. The maximum atomic E-state index is 13.5. The number of hydrogen-bond donors (Lipinski definition) is 1. The normalized spacial score (nSPS) is 10.5. The highest BCUT2D eigenvalue weighted by Gasteiger charge is 2.14. The Morgan fingerprint density at radius 3 is 2.60 bits per heavy atom. The third-order valence-electron chi connectivity index (χ3n) is 3.47. The first kappa shape index (κ1) is 16.6. The Morgan fingerprint density at radius 1 is 1.24 bits per heavy atom. The number of ether oxygens (including phenoxy) is 1. The SMILES string of the molecule is Cc1noc(C)c1CC(=O)Nc1cnc(Oc2ccccc2F)nc1. The van der Waals surface area contributed by atoms with E-state index in [0.29, 0.717) is 17.1 Å². The second-order valence-electron chi connectivity index (χ2n) is 5.31. The minimum absolute atomic E-state index is 0.0196. The van der Waals surface area contributed by atoms with Crippen LogP contribution in [0.25, 0.3) is 0 Å². The molecule has 0 aliphatic rings. The summed E-state index contributed by atoms with van der Waals surface area (Å²) in [5.74, 6) is -0.126. The number of aromatic nitrogens is 3. The van der Waals surface area contributed by atoms with Gasteiger partial charge in [-0.3, -0.25) is 4.79 Å². The molecule has 2 aromatic heterocycles. The zero-order chi connectivity index (χ0) is 17.8. The van der Waals surface area contributed by atoms with Gasteiger partial charge in [0.1, 0.15) is 5.76 Å². The molecule has 3 rings (SSSR count). The average Bonchev–Trinajstić information content (AvgIpc) is 2.90. The van der Waals surface area contributed by atoms with E-state index >= 15 is 0 Å². The number of benzene rings is 1. The molecule has 25 heavy (non-hydrogen) atoms. The lowest BCUT2D eigenvalue weighted by Crippen LogP contribution is -2.15. The van der Waals surface area contributed by atoms with E-state index in [1.165, 1.54) is 24.5 Å². The van der Waals surface area contributed by atoms with Crippen molar-refractivity contribution < 1.29 is 18.4 Å². The summed E-state index contributed by atoms with van der Waals surface area (Å²) in [5, 5.41) is 6.48. The molecule has 1 amide bonds. The predicted molar refractivity (Wildman–Crippen MR) is 86.8 cm³/mol. The molecule has 1 N–H and O–H groups in total. The predicted octanol–water partition coefficient (Wildman–Crippen LogP) is 3.19. The highest BCUT2D eigenvalue weighted by Crippen LogP contribution is 2.21. The van der Waals surface area contributed by atoms with Gasteiger partial charge in [-0.25, -0.2) is 14.4 Å². The number of aryl methyl sites for hydroxylation is 2. The average molecular weight is 342 g/mol. The van der Waals surface area contributed by atoms with Crippen molar-refractivity contribution >= 4 is 11.6 Å². The number of carbonyl (C=O) groups excluding carboxylic acids is 1. The van der Waals surface area contributed by atoms with E-state index in [-0.39, 0.29) is 24.1 Å². The number of para-hydroxylation sites is 1. The summed E-state index contributed by atoms with van der Waals surface area (Å²) in [5.41, 5.74) is 1.83. The fraction of sp³-hybridized carbons (Fsp3) is 0.176. The first-order chi connectivity index (χ1) is 12.0. The largest absolute Gasteiger partial charge is 0.421 e. The molecule has 0 bridgehead atoms. The summed E-state index contributed by atoms with van der Waals surface area (Å²) in [6.45, 7) is 3.53. The molecule has 0 fully saturated rings. The van der Waals surface area contributed by atoms with Crippen LogP contribution in [-0.2, 0) is 11.2 Å². The second-order valence-corrected chi connectivity index (χ2v) is 5.31. The summed E-state index contributed by atoms with van der Waals surface area (Å²) in [4.78, 5) is 20.0. The molecule has 0 aliphatic heterocycles. The Kier molecular flexibility index (Phi) is 4.69. The molecule has 3 aromatic rings. The molecule has 2 heterocycles. The molecule has 7 nitrogen and oxygen atoms in total. The number of nitrogens with one attached hydrogen (secondary N) is 1. The van der Waals surface area contributed by atoms with Crippen LogP contribution >= 0.6 is 0 Å². The fourth-order valence-corrected chi connectivity index (χ4v) is 2.18. The van der Waals surface area contributed by atoms with Gasteiger partial charge in [0.25, 0.3) is 0 Å². The van der Waals surface area contributed by atoms with Gasteiger partial charge >= 0.3 is 6.01 Å². The van der Waals surface area contributed by atoms with Crippen LogP contribution < -0.4 is 10.1 Å². The van der Waals surface area contributed by atoms with Crippen LogP contribution in [0.3, 0.4) is 0 Å². The van der Waals surface area contributed by atoms with E-state index in [2.05, 4.69) is 20.4 Å². The fourth-order valence-electron chi connectivity index (χ4n) is 2.18. The van der Waals surface area contributed by atoms with Gasteiger partial charge < -0.3 is 14.6 Å². The van der Waals surface area contributed by atoms with E-state index in [1.807, 2.05) is 0 Å². The maximum absolute atomic E-state index is 13.5. The molecule has 0 saturated carbocycles. The van der Waals surface area contributed by atoms with Gasteiger partial charge in [-0.05, 0) is 26.0 Å². The molecule has 0 atom stereocenters. The maximum Gasteiger partial charge on any atom is 0.322 e. The lowest BCUT2D eigenvalue weighted by atomic mass is 10.1. The third kappa shape index (κ3) is 3.97. The van der Waals surface area contributed by atoms with E-state index in [1.54, 1.807) is 26.0 Å². The van der Waals surface area contributed by atoms with Gasteiger partial charge in [0.2, 0.25) is 5.91 Å². The molecule has 0 unspecified atom stereocenters. The smallest absolute Gasteiger partial charge is 0.322 e. The van der Waals surface area contributed by atoms with Crippen molar-refractivity contribution in [3.8, 4) is 11.8 Å². The molecule has 0 aliphatic carbocycles. The molecule has 0 saturated heterocycles. The summed E-state index contributed by atoms with van der Waals surface area (Å²) in [6, 6.07) is 5.92. The Hall–Kier alpha value is -3.29. The second kappa shape index (κ2) is 7.08. The highest BCUT2D eigenvalue weighted by molar-refractivity contribution is 5.92. The summed E-state index contributed by atoms with van der Waals surface area (Å²) in [6.07, 6.45) is 2.90. The van der Waals surface area contributed by atoms with Crippen LogP contribution in [0.5, 0.6) is 11.8 Å².